The quantitative estimate of drug-likeness (QED) is 0.308. The van der Waals surface area contributed by atoms with Crippen molar-refractivity contribution in [1.82, 2.24) is 9.97 Å². The second kappa shape index (κ2) is 9.38. The molecule has 1 aromatic carbocycles. The third kappa shape index (κ3) is 4.70. The largest absolute Gasteiger partial charge is 0.461 e. The number of esters is 1. The van der Waals surface area contributed by atoms with E-state index in [1.54, 1.807) is 19.1 Å². The number of aromatic amines is 1. The van der Waals surface area contributed by atoms with E-state index in [4.69, 9.17) is 4.74 Å². The fraction of sp³-hybridized carbons (Fsp3) is 0.364. The molecule has 0 amide bonds. The summed E-state index contributed by atoms with van der Waals surface area (Å²) in [6, 6.07) is 5.87. The average molecular weight is 430 g/mol. The summed E-state index contributed by atoms with van der Waals surface area (Å²) in [4.78, 5) is 37.6. The van der Waals surface area contributed by atoms with Crippen molar-refractivity contribution < 1.29 is 13.9 Å². The summed E-state index contributed by atoms with van der Waals surface area (Å²) in [5.41, 5.74) is 0.795. The molecule has 3 rings (SSSR count). The van der Waals surface area contributed by atoms with Crippen molar-refractivity contribution in [3.05, 3.63) is 64.2 Å². The van der Waals surface area contributed by atoms with Gasteiger partial charge in [-0.1, -0.05) is 50.4 Å². The third-order valence-electron chi connectivity index (χ3n) is 4.65. The van der Waals surface area contributed by atoms with E-state index < -0.39 is 29.2 Å². The Bertz CT molecular complexity index is 1050. The summed E-state index contributed by atoms with van der Waals surface area (Å²) in [6.07, 6.45) is 1.46. The molecule has 0 saturated heterocycles. The monoisotopic (exact) mass is 429 g/mol. The minimum Gasteiger partial charge on any atom is -0.461 e. The van der Waals surface area contributed by atoms with E-state index >= 15 is 0 Å². The Morgan fingerprint density at radius 1 is 1.43 bits per heavy atom. The van der Waals surface area contributed by atoms with Gasteiger partial charge in [-0.05, 0) is 30.5 Å². The van der Waals surface area contributed by atoms with Crippen molar-refractivity contribution in [1.29, 1.82) is 0 Å². The molecule has 1 aliphatic rings. The molecule has 1 aliphatic heterocycles. The number of aliphatic imine (C=N–C) groups is 1. The highest BCUT2D eigenvalue weighted by Gasteiger charge is 2.41. The first kappa shape index (κ1) is 22.0. The van der Waals surface area contributed by atoms with Gasteiger partial charge >= 0.3 is 5.97 Å². The number of benzene rings is 1. The van der Waals surface area contributed by atoms with Crippen LogP contribution in [0.4, 0.5) is 10.2 Å². The highest BCUT2D eigenvalue weighted by atomic mass is 32.2. The number of rotatable bonds is 7. The van der Waals surface area contributed by atoms with Gasteiger partial charge in [-0.15, -0.1) is 0 Å². The van der Waals surface area contributed by atoms with Gasteiger partial charge in [-0.2, -0.15) is 0 Å². The Labute approximate surface area is 178 Å². The van der Waals surface area contributed by atoms with Crippen LogP contribution in [0.25, 0.3) is 0 Å². The third-order valence-corrected chi connectivity index (χ3v) is 5.95. The zero-order valence-electron chi connectivity index (χ0n) is 17.1. The SMILES string of the molecule is C=CCOC(=O)C1C(C)=Nc2nc(SCC(C)C)[nH]c(=O)c2C1c1cccc(F)c1. The number of hydrogen-bond acceptors (Lipinski definition) is 6. The molecule has 0 aliphatic carbocycles. The second-order valence-electron chi connectivity index (χ2n) is 7.50. The van der Waals surface area contributed by atoms with Gasteiger partial charge in [0.2, 0.25) is 0 Å². The molecule has 0 saturated carbocycles. The number of thioether (sulfide) groups is 1. The maximum Gasteiger partial charge on any atom is 0.315 e. The molecule has 2 atom stereocenters. The average Bonchev–Trinajstić information content (AvgIpc) is 2.69. The Morgan fingerprint density at radius 2 is 2.20 bits per heavy atom. The van der Waals surface area contributed by atoms with Crippen molar-refractivity contribution in [2.45, 2.75) is 31.8 Å². The van der Waals surface area contributed by atoms with E-state index in [2.05, 4.69) is 35.4 Å². The lowest BCUT2D eigenvalue weighted by atomic mass is 9.77. The Balaban J connectivity index is 2.14. The number of nitrogens with zero attached hydrogens (tertiary/aromatic N) is 2. The van der Waals surface area contributed by atoms with Crippen LogP contribution < -0.4 is 5.56 Å². The van der Waals surface area contributed by atoms with E-state index in [1.807, 2.05) is 0 Å². The van der Waals surface area contributed by atoms with Crippen LogP contribution in [0.1, 0.15) is 37.8 Å². The lowest BCUT2D eigenvalue weighted by Crippen LogP contribution is -2.37. The maximum absolute atomic E-state index is 14.0. The minimum atomic E-state index is -0.865. The predicted molar refractivity (Wildman–Crippen MR) is 116 cm³/mol. The van der Waals surface area contributed by atoms with Gasteiger partial charge in [0.1, 0.15) is 18.3 Å². The number of fused-ring (bicyclic) bond motifs is 1. The summed E-state index contributed by atoms with van der Waals surface area (Å²) in [6.45, 7) is 9.43. The first-order valence-electron chi connectivity index (χ1n) is 9.67. The number of halogens is 1. The lowest BCUT2D eigenvalue weighted by Gasteiger charge is -2.30. The van der Waals surface area contributed by atoms with Gasteiger partial charge in [0.05, 0.1) is 5.56 Å². The second-order valence-corrected chi connectivity index (χ2v) is 8.50. The number of ether oxygens (including phenoxy) is 1. The molecular formula is C22H24FN3O3S. The zero-order chi connectivity index (χ0) is 21.8. The maximum atomic E-state index is 14.0. The number of carbonyl (C=O) groups is 1. The molecule has 0 fully saturated rings. The molecule has 2 heterocycles. The normalized spacial score (nSPS) is 18.0. The van der Waals surface area contributed by atoms with Crippen molar-refractivity contribution >= 4 is 29.3 Å². The zero-order valence-corrected chi connectivity index (χ0v) is 18.0. The van der Waals surface area contributed by atoms with Crippen molar-refractivity contribution in [3.8, 4) is 0 Å². The molecule has 30 heavy (non-hydrogen) atoms. The lowest BCUT2D eigenvalue weighted by molar-refractivity contribution is -0.145. The Kier molecular flexibility index (Phi) is 6.87. The van der Waals surface area contributed by atoms with Crippen LogP contribution in [0.15, 0.2) is 51.9 Å². The number of hydrogen-bond donors (Lipinski definition) is 1. The number of carbonyl (C=O) groups excluding carboxylic acids is 1. The summed E-state index contributed by atoms with van der Waals surface area (Å²) in [5.74, 6) is -1.17. The van der Waals surface area contributed by atoms with E-state index in [0.29, 0.717) is 22.3 Å². The standard InChI is InChI=1S/C22H24FN3O3S/c1-5-9-29-21(28)16-13(4)24-19-18(17(16)14-7-6-8-15(23)10-14)20(27)26-22(25-19)30-11-12(2)3/h5-8,10,12,16-17H,1,9,11H2,2-4H3,(H,25,26,27). The summed E-state index contributed by atoms with van der Waals surface area (Å²) in [7, 11) is 0. The molecule has 8 heteroatoms. The highest BCUT2D eigenvalue weighted by molar-refractivity contribution is 7.99. The summed E-state index contributed by atoms with van der Waals surface area (Å²) < 4.78 is 19.3. The Morgan fingerprint density at radius 3 is 2.87 bits per heavy atom. The first-order chi connectivity index (χ1) is 14.3. The van der Waals surface area contributed by atoms with Crippen molar-refractivity contribution in [3.63, 3.8) is 0 Å². The van der Waals surface area contributed by atoms with E-state index in [-0.39, 0.29) is 18.0 Å². The molecule has 6 nitrogen and oxygen atoms in total. The van der Waals surface area contributed by atoms with E-state index in [0.717, 1.165) is 5.75 Å². The van der Waals surface area contributed by atoms with Gasteiger partial charge < -0.3 is 9.72 Å². The molecule has 2 unspecified atom stereocenters. The van der Waals surface area contributed by atoms with Crippen molar-refractivity contribution in [2.75, 3.05) is 12.4 Å². The molecule has 2 aromatic rings. The van der Waals surface area contributed by atoms with Crippen LogP contribution in [0.2, 0.25) is 0 Å². The molecule has 0 bridgehead atoms. The first-order valence-corrected chi connectivity index (χ1v) is 10.7. The summed E-state index contributed by atoms with van der Waals surface area (Å²) in [5, 5.41) is 0.467. The Hall–Kier alpha value is -2.74. The van der Waals surface area contributed by atoms with Gasteiger partial charge in [0.15, 0.2) is 11.0 Å². The summed E-state index contributed by atoms with van der Waals surface area (Å²) >= 11 is 1.44. The molecule has 1 aromatic heterocycles. The molecular weight excluding hydrogens is 405 g/mol. The van der Waals surface area contributed by atoms with E-state index in [1.165, 1.54) is 30.0 Å². The molecule has 0 spiro atoms. The predicted octanol–water partition coefficient (Wildman–Crippen LogP) is 4.24. The van der Waals surface area contributed by atoms with Crippen LogP contribution in [0.3, 0.4) is 0 Å². The number of nitrogens with one attached hydrogen (secondary N) is 1. The van der Waals surface area contributed by atoms with Crippen LogP contribution in [-0.4, -0.2) is 34.0 Å². The van der Waals surface area contributed by atoms with Crippen LogP contribution >= 0.6 is 11.8 Å². The molecule has 1 N–H and O–H groups in total. The van der Waals surface area contributed by atoms with Gasteiger partial charge in [0.25, 0.3) is 5.56 Å². The van der Waals surface area contributed by atoms with Crippen molar-refractivity contribution in [2.24, 2.45) is 16.8 Å². The van der Waals surface area contributed by atoms with Gasteiger partial charge in [-0.3, -0.25) is 9.59 Å². The molecule has 158 valence electrons. The smallest absolute Gasteiger partial charge is 0.315 e. The molecule has 0 radical (unpaired) electrons. The fourth-order valence-electron chi connectivity index (χ4n) is 3.37. The number of H-pyrrole nitrogens is 1. The van der Waals surface area contributed by atoms with Crippen LogP contribution in [0, 0.1) is 17.7 Å². The fourth-order valence-corrected chi connectivity index (χ4v) is 4.18. The van der Waals surface area contributed by atoms with Gasteiger partial charge in [0, 0.05) is 17.4 Å². The number of aromatic nitrogens is 2. The topological polar surface area (TPSA) is 84.4 Å². The van der Waals surface area contributed by atoms with Crippen LogP contribution in [-0.2, 0) is 9.53 Å². The van der Waals surface area contributed by atoms with E-state index in [9.17, 15) is 14.0 Å². The van der Waals surface area contributed by atoms with Crippen LogP contribution in [0.5, 0.6) is 0 Å². The highest BCUT2D eigenvalue weighted by Crippen LogP contribution is 2.40. The minimum absolute atomic E-state index is 0.0325. The van der Waals surface area contributed by atoms with Gasteiger partial charge in [-0.25, -0.2) is 14.4 Å².